The molecule has 2 aromatic heterocycles. The van der Waals surface area contributed by atoms with E-state index in [2.05, 4.69) is 27.6 Å². The predicted octanol–water partition coefficient (Wildman–Crippen LogP) is 2.80. The minimum absolute atomic E-state index is 0.145. The van der Waals surface area contributed by atoms with Crippen molar-refractivity contribution in [2.45, 2.75) is 40.0 Å². The Morgan fingerprint density at radius 2 is 2.12 bits per heavy atom. The van der Waals surface area contributed by atoms with Gasteiger partial charge in [-0.25, -0.2) is 14.5 Å². The largest absolute Gasteiger partial charge is 0.396 e. The molecule has 3 N–H and O–H groups in total. The minimum Gasteiger partial charge on any atom is -0.396 e. The van der Waals surface area contributed by atoms with E-state index in [-0.39, 0.29) is 12.6 Å². The maximum atomic E-state index is 12.0. The lowest BCUT2D eigenvalue weighted by molar-refractivity contribution is 0.236. The van der Waals surface area contributed by atoms with Gasteiger partial charge in [-0.05, 0) is 50.8 Å². The van der Waals surface area contributed by atoms with Crippen molar-refractivity contribution < 1.29 is 9.90 Å². The van der Waals surface area contributed by atoms with Crippen molar-refractivity contribution in [1.29, 1.82) is 0 Å². The van der Waals surface area contributed by atoms with Crippen LogP contribution in [-0.2, 0) is 0 Å². The van der Waals surface area contributed by atoms with Gasteiger partial charge in [0.1, 0.15) is 0 Å². The summed E-state index contributed by atoms with van der Waals surface area (Å²) >= 11 is 0. The molecule has 0 spiro atoms. The first-order valence-corrected chi connectivity index (χ1v) is 8.69. The van der Waals surface area contributed by atoms with Crippen molar-refractivity contribution in [1.82, 2.24) is 20.1 Å². The van der Waals surface area contributed by atoms with Crippen LogP contribution in [0, 0.1) is 19.8 Å². The number of aliphatic hydroxyl groups excluding tert-OH is 1. The Morgan fingerprint density at radius 1 is 1.32 bits per heavy atom. The van der Waals surface area contributed by atoms with Crippen molar-refractivity contribution in [3.63, 3.8) is 0 Å². The fourth-order valence-corrected chi connectivity index (χ4v) is 2.80. The van der Waals surface area contributed by atoms with Gasteiger partial charge in [0, 0.05) is 18.8 Å². The van der Waals surface area contributed by atoms with E-state index in [9.17, 15) is 4.79 Å². The van der Waals surface area contributed by atoms with Gasteiger partial charge in [0.05, 0.1) is 17.6 Å². The minimum atomic E-state index is -0.264. The summed E-state index contributed by atoms with van der Waals surface area (Å²) < 4.78 is 1.77. The van der Waals surface area contributed by atoms with Crippen molar-refractivity contribution >= 4 is 11.7 Å². The lowest BCUT2D eigenvalue weighted by atomic mass is 10.0. The molecule has 0 radical (unpaired) electrons. The molecule has 0 aliphatic heterocycles. The second-order valence-corrected chi connectivity index (χ2v) is 6.25. The fraction of sp³-hybridized carbons (Fsp3) is 0.500. The van der Waals surface area contributed by atoms with Crippen LogP contribution in [0.15, 0.2) is 24.4 Å². The van der Waals surface area contributed by atoms with Gasteiger partial charge in [-0.15, -0.1) is 0 Å². The Balaban J connectivity index is 1.90. The Morgan fingerprint density at radius 3 is 2.68 bits per heavy atom. The molecule has 1 unspecified atom stereocenters. The smallest absolute Gasteiger partial charge is 0.319 e. The molecule has 1 atom stereocenters. The highest BCUT2D eigenvalue weighted by Crippen LogP contribution is 2.13. The number of hydrogen-bond donors (Lipinski definition) is 3. The number of carbonyl (C=O) groups excluding carboxylic acids is 1. The monoisotopic (exact) mass is 345 g/mol. The van der Waals surface area contributed by atoms with Gasteiger partial charge in [-0.2, -0.15) is 5.10 Å². The molecule has 0 aliphatic rings. The first-order chi connectivity index (χ1) is 12.0. The summed E-state index contributed by atoms with van der Waals surface area (Å²) in [4.78, 5) is 16.4. The maximum absolute atomic E-state index is 12.0. The topological polar surface area (TPSA) is 92.1 Å². The Kier molecular flexibility index (Phi) is 6.94. The normalized spacial score (nSPS) is 12.0. The van der Waals surface area contributed by atoms with E-state index in [4.69, 9.17) is 5.11 Å². The van der Waals surface area contributed by atoms with Gasteiger partial charge in [0.2, 0.25) is 0 Å². The lowest BCUT2D eigenvalue weighted by Crippen LogP contribution is -2.33. The summed E-state index contributed by atoms with van der Waals surface area (Å²) in [6.45, 7) is 6.70. The fourth-order valence-electron chi connectivity index (χ4n) is 2.80. The summed E-state index contributed by atoms with van der Waals surface area (Å²) in [5, 5.41) is 19.1. The number of aromatic nitrogens is 3. The number of anilines is 1. The van der Waals surface area contributed by atoms with Crippen molar-refractivity contribution in [2.75, 3.05) is 18.5 Å². The number of hydrogen-bond acceptors (Lipinski definition) is 4. The first kappa shape index (κ1) is 18.9. The molecule has 0 aliphatic carbocycles. The van der Waals surface area contributed by atoms with Crippen LogP contribution < -0.4 is 10.6 Å². The molecule has 2 amide bonds. The van der Waals surface area contributed by atoms with Crippen LogP contribution in [0.2, 0.25) is 0 Å². The number of amides is 2. The highest BCUT2D eigenvalue weighted by molar-refractivity contribution is 5.89. The van der Waals surface area contributed by atoms with Crippen LogP contribution in [0.3, 0.4) is 0 Å². The van der Waals surface area contributed by atoms with E-state index in [0.29, 0.717) is 30.4 Å². The van der Waals surface area contributed by atoms with Crippen molar-refractivity contribution in [2.24, 2.45) is 5.92 Å². The highest BCUT2D eigenvalue weighted by Gasteiger charge is 2.10. The van der Waals surface area contributed by atoms with E-state index < -0.39 is 0 Å². The van der Waals surface area contributed by atoms with Gasteiger partial charge in [0.15, 0.2) is 5.82 Å². The van der Waals surface area contributed by atoms with Crippen LogP contribution in [0.4, 0.5) is 10.5 Å². The molecule has 25 heavy (non-hydrogen) atoms. The average molecular weight is 345 g/mol. The highest BCUT2D eigenvalue weighted by atomic mass is 16.3. The number of pyridine rings is 1. The van der Waals surface area contributed by atoms with E-state index >= 15 is 0 Å². The third kappa shape index (κ3) is 5.56. The molecule has 0 fully saturated rings. The number of aliphatic hydroxyl groups is 1. The second kappa shape index (κ2) is 9.17. The second-order valence-electron chi connectivity index (χ2n) is 6.25. The molecule has 0 aromatic carbocycles. The van der Waals surface area contributed by atoms with Crippen molar-refractivity contribution in [3.8, 4) is 5.82 Å². The number of nitrogens with one attached hydrogen (secondary N) is 2. The molecule has 136 valence electrons. The summed E-state index contributed by atoms with van der Waals surface area (Å²) in [6, 6.07) is 5.34. The Labute approximate surface area is 148 Å². The van der Waals surface area contributed by atoms with Crippen LogP contribution in [0.1, 0.15) is 37.6 Å². The summed E-state index contributed by atoms with van der Waals surface area (Å²) in [6.07, 6.45) is 4.33. The average Bonchev–Trinajstić information content (AvgIpc) is 2.92. The summed E-state index contributed by atoms with van der Waals surface area (Å²) in [5.74, 6) is 1.01. The summed E-state index contributed by atoms with van der Waals surface area (Å²) in [5.41, 5.74) is 2.57. The predicted molar refractivity (Wildman–Crippen MR) is 98.0 cm³/mol. The van der Waals surface area contributed by atoms with E-state index in [1.165, 1.54) is 0 Å². The number of urea groups is 1. The molecule has 2 heterocycles. The molecular formula is C18H27N5O2. The van der Waals surface area contributed by atoms with Gasteiger partial charge in [-0.1, -0.05) is 13.3 Å². The SMILES string of the molecule is CCCC(CCO)CNC(=O)Nc1ccc(-n2nc(C)cc2C)nc1. The molecule has 2 rings (SSSR count). The molecule has 2 aromatic rings. The zero-order valence-corrected chi connectivity index (χ0v) is 15.1. The quantitative estimate of drug-likeness (QED) is 0.686. The lowest BCUT2D eigenvalue weighted by Gasteiger charge is -2.16. The third-order valence-corrected chi connectivity index (χ3v) is 4.02. The standard InChI is InChI=1S/C18H27N5O2/c1-4-5-15(8-9-24)11-20-18(25)21-16-6-7-17(19-12-16)23-14(3)10-13(2)22-23/h6-7,10,12,15,24H,4-5,8-9,11H2,1-3H3,(H2,20,21,25). The molecule has 0 saturated heterocycles. The van der Waals surface area contributed by atoms with Gasteiger partial charge >= 0.3 is 6.03 Å². The van der Waals surface area contributed by atoms with Crippen LogP contribution >= 0.6 is 0 Å². The molecule has 7 nitrogen and oxygen atoms in total. The third-order valence-electron chi connectivity index (χ3n) is 4.02. The maximum Gasteiger partial charge on any atom is 0.319 e. The van der Waals surface area contributed by atoms with Crippen LogP contribution in [0.5, 0.6) is 0 Å². The van der Waals surface area contributed by atoms with E-state index in [1.54, 1.807) is 16.9 Å². The van der Waals surface area contributed by atoms with Gasteiger partial charge in [0.25, 0.3) is 0 Å². The van der Waals surface area contributed by atoms with Crippen LogP contribution in [0.25, 0.3) is 5.82 Å². The molecule has 0 bridgehead atoms. The molecular weight excluding hydrogens is 318 g/mol. The molecule has 0 saturated carbocycles. The van der Waals surface area contributed by atoms with Gasteiger partial charge < -0.3 is 15.7 Å². The number of rotatable bonds is 8. The van der Waals surface area contributed by atoms with Crippen LogP contribution in [-0.4, -0.2) is 39.1 Å². The number of nitrogens with zero attached hydrogens (tertiary/aromatic N) is 3. The first-order valence-electron chi connectivity index (χ1n) is 8.69. The Hall–Kier alpha value is -2.41. The van der Waals surface area contributed by atoms with E-state index in [1.807, 2.05) is 26.0 Å². The zero-order valence-electron chi connectivity index (χ0n) is 15.1. The molecule has 7 heteroatoms. The van der Waals surface area contributed by atoms with E-state index in [0.717, 1.165) is 24.2 Å². The number of aryl methyl sites for hydroxylation is 2. The van der Waals surface area contributed by atoms with Gasteiger partial charge in [-0.3, -0.25) is 0 Å². The Bertz CT molecular complexity index is 675. The summed E-state index contributed by atoms with van der Waals surface area (Å²) in [7, 11) is 0. The number of carbonyl (C=O) groups is 1. The van der Waals surface area contributed by atoms with Crippen molar-refractivity contribution in [3.05, 3.63) is 35.8 Å². The zero-order chi connectivity index (χ0) is 18.2.